The van der Waals surface area contributed by atoms with E-state index >= 15 is 0 Å². The van der Waals surface area contributed by atoms with Gasteiger partial charge in [0.1, 0.15) is 18.0 Å². The number of ether oxygens (including phenoxy) is 1. The van der Waals surface area contributed by atoms with Crippen LogP contribution in [-0.2, 0) is 4.74 Å². The Kier molecular flexibility index (Phi) is 3.52. The molecule has 0 aliphatic rings. The lowest BCUT2D eigenvalue weighted by Crippen LogP contribution is -2.08. The number of imidazole rings is 1. The molecule has 0 aliphatic heterocycles. The second kappa shape index (κ2) is 4.96. The van der Waals surface area contributed by atoms with Crippen molar-refractivity contribution in [3.8, 4) is 5.69 Å². The number of rotatable bonds is 2. The summed E-state index contributed by atoms with van der Waals surface area (Å²) < 4.78 is 32.6. The van der Waals surface area contributed by atoms with Gasteiger partial charge in [0.2, 0.25) is 0 Å². The third-order valence-electron chi connectivity index (χ3n) is 2.41. The van der Waals surface area contributed by atoms with Gasteiger partial charge in [-0.15, -0.1) is 0 Å². The molecule has 2 N–H and O–H groups in total. The molecule has 1 heterocycles. The average molecular weight is 332 g/mol. The number of carbonyl (C=O) groups excluding carboxylic acids is 1. The molecule has 2 rings (SSSR count). The summed E-state index contributed by atoms with van der Waals surface area (Å²) in [6.07, 6.45) is 1.16. The Hall–Kier alpha value is -1.96. The van der Waals surface area contributed by atoms with Crippen LogP contribution in [0.15, 0.2) is 22.9 Å². The smallest absolute Gasteiger partial charge is 0.360 e. The summed E-state index contributed by atoms with van der Waals surface area (Å²) in [6, 6.07) is 1.78. The molecule has 100 valence electrons. The molecule has 0 unspecified atom stereocenters. The SMILES string of the molecule is COC(=O)c1ncn(-c2c(F)cc(F)cc2Br)c1N. The predicted octanol–water partition coefficient (Wildman–Crippen LogP) is 2.28. The summed E-state index contributed by atoms with van der Waals surface area (Å²) in [5.74, 6) is -2.42. The number of benzene rings is 1. The van der Waals surface area contributed by atoms with Crippen LogP contribution in [0.3, 0.4) is 0 Å². The number of hydrogen-bond acceptors (Lipinski definition) is 4. The van der Waals surface area contributed by atoms with Crippen molar-refractivity contribution in [1.29, 1.82) is 0 Å². The van der Waals surface area contributed by atoms with Gasteiger partial charge in [-0.1, -0.05) is 0 Å². The number of methoxy groups -OCH3 is 1. The third-order valence-corrected chi connectivity index (χ3v) is 3.01. The fourth-order valence-corrected chi connectivity index (χ4v) is 2.15. The van der Waals surface area contributed by atoms with Gasteiger partial charge in [0, 0.05) is 10.5 Å². The number of anilines is 1. The van der Waals surface area contributed by atoms with E-state index in [4.69, 9.17) is 5.73 Å². The number of nitrogens with zero attached hydrogens (tertiary/aromatic N) is 2. The Bertz CT molecular complexity index is 634. The third kappa shape index (κ3) is 2.30. The topological polar surface area (TPSA) is 70.1 Å². The van der Waals surface area contributed by atoms with E-state index < -0.39 is 17.6 Å². The maximum atomic E-state index is 13.8. The Morgan fingerprint density at radius 3 is 2.74 bits per heavy atom. The van der Waals surface area contributed by atoms with Crippen molar-refractivity contribution in [1.82, 2.24) is 9.55 Å². The first-order valence-electron chi connectivity index (χ1n) is 5.01. The van der Waals surface area contributed by atoms with Gasteiger partial charge >= 0.3 is 5.97 Å². The minimum absolute atomic E-state index is 0.0402. The quantitative estimate of drug-likeness (QED) is 0.857. The highest BCUT2D eigenvalue weighted by atomic mass is 79.9. The van der Waals surface area contributed by atoms with Crippen molar-refractivity contribution in [2.24, 2.45) is 0 Å². The largest absolute Gasteiger partial charge is 0.464 e. The Morgan fingerprint density at radius 1 is 1.47 bits per heavy atom. The number of hydrogen-bond donors (Lipinski definition) is 1. The van der Waals surface area contributed by atoms with Crippen molar-refractivity contribution in [2.75, 3.05) is 12.8 Å². The lowest BCUT2D eigenvalue weighted by molar-refractivity contribution is 0.0596. The number of esters is 1. The molecule has 0 saturated heterocycles. The van der Waals surface area contributed by atoms with Crippen LogP contribution < -0.4 is 5.73 Å². The Morgan fingerprint density at radius 2 is 2.16 bits per heavy atom. The number of aromatic nitrogens is 2. The zero-order valence-corrected chi connectivity index (χ0v) is 11.2. The van der Waals surface area contributed by atoms with Crippen LogP contribution in [-0.4, -0.2) is 22.6 Å². The number of nitrogens with two attached hydrogens (primary N) is 1. The van der Waals surface area contributed by atoms with Crippen LogP contribution in [0.1, 0.15) is 10.5 Å². The molecule has 1 aromatic carbocycles. The lowest BCUT2D eigenvalue weighted by atomic mass is 10.3. The van der Waals surface area contributed by atoms with Crippen molar-refractivity contribution >= 4 is 27.7 Å². The molecule has 19 heavy (non-hydrogen) atoms. The van der Waals surface area contributed by atoms with Crippen LogP contribution in [0, 0.1) is 11.6 Å². The van der Waals surface area contributed by atoms with Gasteiger partial charge in [-0.05, 0) is 22.0 Å². The van der Waals surface area contributed by atoms with Gasteiger partial charge in [0.15, 0.2) is 11.5 Å². The number of nitrogen functional groups attached to an aromatic ring is 1. The molecule has 8 heteroatoms. The first-order valence-corrected chi connectivity index (χ1v) is 5.81. The molecule has 0 saturated carbocycles. The summed E-state index contributed by atoms with van der Waals surface area (Å²) >= 11 is 3.03. The molecular formula is C11H8BrF2N3O2. The minimum atomic E-state index is -0.840. The van der Waals surface area contributed by atoms with E-state index in [1.807, 2.05) is 0 Å². The maximum absolute atomic E-state index is 13.8. The van der Waals surface area contributed by atoms with Crippen molar-refractivity contribution in [3.05, 3.63) is 40.3 Å². The summed E-state index contributed by atoms with van der Waals surface area (Å²) in [6.45, 7) is 0. The first-order chi connectivity index (χ1) is 8.95. The highest BCUT2D eigenvalue weighted by Gasteiger charge is 2.20. The first kappa shape index (κ1) is 13.5. The zero-order chi connectivity index (χ0) is 14.2. The molecule has 0 aliphatic carbocycles. The summed E-state index contributed by atoms with van der Waals surface area (Å²) in [7, 11) is 1.18. The van der Waals surface area contributed by atoms with Gasteiger partial charge in [-0.2, -0.15) is 0 Å². The molecule has 2 aromatic rings. The molecule has 0 fully saturated rings. The van der Waals surface area contributed by atoms with Crippen LogP contribution in [0.25, 0.3) is 5.69 Å². The number of carbonyl (C=O) groups is 1. The van der Waals surface area contributed by atoms with Crippen LogP contribution in [0.5, 0.6) is 0 Å². The lowest BCUT2D eigenvalue weighted by Gasteiger charge is -2.09. The maximum Gasteiger partial charge on any atom is 0.360 e. The fourth-order valence-electron chi connectivity index (χ4n) is 1.55. The standard InChI is InChI=1S/C11H8BrF2N3O2/c1-19-11(18)8-10(15)17(4-16-8)9-6(12)2-5(13)3-7(9)14/h2-4H,15H2,1H3. The van der Waals surface area contributed by atoms with E-state index in [1.54, 1.807) is 0 Å². The van der Waals surface area contributed by atoms with E-state index in [2.05, 4.69) is 25.7 Å². The van der Waals surface area contributed by atoms with E-state index in [0.29, 0.717) is 6.07 Å². The number of halogens is 3. The van der Waals surface area contributed by atoms with Crippen LogP contribution in [0.2, 0.25) is 0 Å². The van der Waals surface area contributed by atoms with Crippen LogP contribution in [0.4, 0.5) is 14.6 Å². The molecule has 0 atom stereocenters. The molecule has 0 spiro atoms. The van der Waals surface area contributed by atoms with E-state index in [9.17, 15) is 13.6 Å². The summed E-state index contributed by atoms with van der Waals surface area (Å²) in [4.78, 5) is 15.1. The molecule has 0 bridgehead atoms. The Labute approximate surface area is 115 Å². The highest BCUT2D eigenvalue weighted by Crippen LogP contribution is 2.28. The van der Waals surface area contributed by atoms with E-state index in [1.165, 1.54) is 7.11 Å². The van der Waals surface area contributed by atoms with Gasteiger partial charge in [-0.25, -0.2) is 18.6 Å². The molecule has 0 radical (unpaired) electrons. The minimum Gasteiger partial charge on any atom is -0.464 e. The molecule has 0 amide bonds. The second-order valence-electron chi connectivity index (χ2n) is 3.56. The normalized spacial score (nSPS) is 10.5. The van der Waals surface area contributed by atoms with E-state index in [0.717, 1.165) is 17.0 Å². The van der Waals surface area contributed by atoms with Gasteiger partial charge in [0.25, 0.3) is 0 Å². The summed E-state index contributed by atoms with van der Waals surface area (Å²) in [5.41, 5.74) is 5.53. The average Bonchev–Trinajstić information content (AvgIpc) is 2.69. The van der Waals surface area contributed by atoms with Crippen LogP contribution >= 0.6 is 15.9 Å². The summed E-state index contributed by atoms with van der Waals surface area (Å²) in [5, 5.41) is 0. The van der Waals surface area contributed by atoms with Gasteiger partial charge in [0.05, 0.1) is 12.8 Å². The molecular weight excluding hydrogens is 324 g/mol. The van der Waals surface area contributed by atoms with Gasteiger partial charge < -0.3 is 10.5 Å². The van der Waals surface area contributed by atoms with E-state index in [-0.39, 0.29) is 21.7 Å². The van der Waals surface area contributed by atoms with Crippen molar-refractivity contribution in [3.63, 3.8) is 0 Å². The van der Waals surface area contributed by atoms with Crippen molar-refractivity contribution in [2.45, 2.75) is 0 Å². The predicted molar refractivity (Wildman–Crippen MR) is 66.9 cm³/mol. The zero-order valence-electron chi connectivity index (χ0n) is 9.65. The fraction of sp³-hybridized carbons (Fsp3) is 0.0909. The molecule has 1 aromatic heterocycles. The Balaban J connectivity index is 2.61. The molecule has 5 nitrogen and oxygen atoms in total. The highest BCUT2D eigenvalue weighted by molar-refractivity contribution is 9.10. The van der Waals surface area contributed by atoms with Crippen molar-refractivity contribution < 1.29 is 18.3 Å². The second-order valence-corrected chi connectivity index (χ2v) is 4.41. The monoisotopic (exact) mass is 331 g/mol. The van der Waals surface area contributed by atoms with Gasteiger partial charge in [-0.3, -0.25) is 4.57 Å².